The van der Waals surface area contributed by atoms with Crippen molar-refractivity contribution in [2.24, 2.45) is 0 Å². The highest BCUT2D eigenvalue weighted by atomic mass is 32.2. The quantitative estimate of drug-likeness (QED) is 0.0480. The third kappa shape index (κ3) is 15.0. The average Bonchev–Trinajstić information content (AvgIpc) is 3.47. The zero-order valence-electron chi connectivity index (χ0n) is 42.3. The van der Waals surface area contributed by atoms with Crippen molar-refractivity contribution in [3.63, 3.8) is 0 Å². The van der Waals surface area contributed by atoms with Gasteiger partial charge in [0.1, 0.15) is 72.4 Å². The molecule has 2 N–H and O–H groups in total. The van der Waals surface area contributed by atoms with Gasteiger partial charge in [0, 0.05) is 0 Å². The molecule has 0 aliphatic carbocycles. The number of sulfone groups is 4. The Kier molecular flexibility index (Phi) is 18.8. The van der Waals surface area contributed by atoms with Crippen molar-refractivity contribution in [3.05, 3.63) is 243 Å². The van der Waals surface area contributed by atoms with Gasteiger partial charge in [-0.15, -0.1) is 0 Å². The van der Waals surface area contributed by atoms with Crippen LogP contribution in [0.25, 0.3) is 0 Å². The van der Waals surface area contributed by atoms with Crippen molar-refractivity contribution in [1.29, 1.82) is 0 Å². The summed E-state index contributed by atoms with van der Waals surface area (Å²) in [5.74, 6) is 1.88. The van der Waals surface area contributed by atoms with E-state index in [-0.39, 0.29) is 78.8 Å². The highest BCUT2D eigenvalue weighted by Crippen LogP contribution is 2.30. The molecule has 0 aliphatic heterocycles. The summed E-state index contributed by atoms with van der Waals surface area (Å²) < 4.78 is 144. The lowest BCUT2D eigenvalue weighted by molar-refractivity contribution is 0.313. The van der Waals surface area contributed by atoms with E-state index in [4.69, 9.17) is 28.4 Å². The number of phenols is 2. The molecule has 80 heavy (non-hydrogen) atoms. The van der Waals surface area contributed by atoms with Crippen LogP contribution in [0.4, 0.5) is 0 Å². The Balaban J connectivity index is 0.811. The summed E-state index contributed by atoms with van der Waals surface area (Å²) in [6, 6.07) is 50.2. The number of hydrogen-bond acceptors (Lipinski definition) is 16. The van der Waals surface area contributed by atoms with E-state index < -0.39 is 50.2 Å². The van der Waals surface area contributed by atoms with Gasteiger partial charge in [0.2, 0.25) is 50.2 Å². The van der Waals surface area contributed by atoms with Gasteiger partial charge in [-0.3, -0.25) is 0 Å². The van der Waals surface area contributed by atoms with Crippen LogP contribution < -0.4 is 28.4 Å². The Bertz CT molecular complexity index is 3600. The SMILES string of the molecule is O=S(=O)(c1ccc(OC/C=C\COc2ccc(S(=O)(=O)c3ccc(OC(/C=C/COc4ccccc4)S(=O)(=O)c4ccc(O)cc4)cc3)cc2)cc1)c1ccc(OC(/C=C/COc2ccccc2)S(=O)(=O)c2ccc(O)cc2)cc1. The summed E-state index contributed by atoms with van der Waals surface area (Å²) in [5.41, 5.74) is -3.06. The van der Waals surface area contributed by atoms with Crippen LogP contribution >= 0.6 is 0 Å². The van der Waals surface area contributed by atoms with Gasteiger partial charge >= 0.3 is 0 Å². The molecule has 0 bridgehead atoms. The molecule has 0 heterocycles. The van der Waals surface area contributed by atoms with Crippen LogP contribution in [0.15, 0.2) is 272 Å². The summed E-state index contributed by atoms with van der Waals surface area (Å²) in [4.78, 5) is -0.360. The third-order valence-corrected chi connectivity index (χ3v) is 18.8. The highest BCUT2D eigenvalue weighted by molar-refractivity contribution is 7.92. The van der Waals surface area contributed by atoms with E-state index in [0.717, 1.165) is 0 Å². The number of rotatable bonds is 26. The average molecular weight is 1160 g/mol. The van der Waals surface area contributed by atoms with Crippen LogP contribution in [0, 0.1) is 0 Å². The summed E-state index contributed by atoms with van der Waals surface area (Å²) >= 11 is 0. The lowest BCUT2D eigenvalue weighted by Crippen LogP contribution is -2.26. The Morgan fingerprint density at radius 3 is 0.850 bits per heavy atom. The number of para-hydroxylation sites is 2. The second kappa shape index (κ2) is 26.2. The second-order valence-corrected chi connectivity index (χ2v) is 25.1. The van der Waals surface area contributed by atoms with Crippen molar-refractivity contribution in [2.45, 2.75) is 40.2 Å². The first kappa shape index (κ1) is 57.4. The summed E-state index contributed by atoms with van der Waals surface area (Å²) in [5, 5.41) is 19.4. The van der Waals surface area contributed by atoms with Gasteiger partial charge in [-0.25, -0.2) is 33.7 Å². The molecule has 0 saturated carbocycles. The molecule has 0 aliphatic rings. The first-order valence-corrected chi connectivity index (χ1v) is 30.4. The summed E-state index contributed by atoms with van der Waals surface area (Å²) in [7, 11) is -16.3. The fraction of sp³-hybridized carbons (Fsp3) is 0.100. The van der Waals surface area contributed by atoms with Gasteiger partial charge in [0.25, 0.3) is 0 Å². The Hall–Kier alpha value is -8.82. The van der Waals surface area contributed by atoms with Gasteiger partial charge in [0.15, 0.2) is 0 Å². The van der Waals surface area contributed by atoms with E-state index in [1.165, 1.54) is 170 Å². The van der Waals surface area contributed by atoms with Crippen LogP contribution in [0.3, 0.4) is 0 Å². The van der Waals surface area contributed by atoms with Gasteiger partial charge in [-0.05, 0) is 206 Å². The van der Waals surface area contributed by atoms with Crippen LogP contribution in [0.5, 0.6) is 46.0 Å². The molecule has 8 aromatic rings. The maximum atomic E-state index is 13.6. The highest BCUT2D eigenvalue weighted by Gasteiger charge is 2.30. The monoisotopic (exact) mass is 1160 g/mol. The minimum Gasteiger partial charge on any atom is -0.508 e. The number of ether oxygens (including phenoxy) is 6. The first-order valence-electron chi connectivity index (χ1n) is 24.4. The molecule has 8 rings (SSSR count). The van der Waals surface area contributed by atoms with Gasteiger partial charge in [0.05, 0.1) is 29.4 Å². The summed E-state index contributed by atoms with van der Waals surface area (Å²) in [6.07, 6.45) is 9.04. The molecule has 8 aromatic carbocycles. The topological polar surface area (TPSA) is 232 Å². The lowest BCUT2D eigenvalue weighted by atomic mass is 10.3. The molecular weight excluding hydrogens is 1100 g/mol. The fourth-order valence-electron chi connectivity index (χ4n) is 7.40. The predicted octanol–water partition coefficient (Wildman–Crippen LogP) is 10.4. The molecule has 0 fully saturated rings. The number of phenolic OH excluding ortho intramolecular Hbond substituents is 2. The molecule has 2 unspecified atom stereocenters. The normalized spacial score (nSPS) is 12.9. The van der Waals surface area contributed by atoms with Gasteiger partial charge < -0.3 is 38.6 Å². The van der Waals surface area contributed by atoms with Gasteiger partial charge in [-0.1, -0.05) is 36.4 Å². The van der Waals surface area contributed by atoms with Crippen molar-refractivity contribution < 1.29 is 72.3 Å². The molecule has 2 atom stereocenters. The zero-order valence-corrected chi connectivity index (χ0v) is 45.6. The van der Waals surface area contributed by atoms with E-state index >= 15 is 0 Å². The minimum absolute atomic E-state index is 0.0134. The molecule has 0 saturated heterocycles. The van der Waals surface area contributed by atoms with Crippen LogP contribution in [-0.2, 0) is 39.3 Å². The maximum Gasteiger partial charge on any atom is 0.221 e. The van der Waals surface area contributed by atoms with Crippen LogP contribution in [0.1, 0.15) is 0 Å². The maximum absolute atomic E-state index is 13.6. The first-order chi connectivity index (χ1) is 38.5. The van der Waals surface area contributed by atoms with Crippen LogP contribution in [-0.4, -0.2) is 81.2 Å². The molecule has 0 spiro atoms. The zero-order chi connectivity index (χ0) is 56.6. The van der Waals surface area contributed by atoms with E-state index in [9.17, 15) is 43.9 Å². The van der Waals surface area contributed by atoms with Crippen molar-refractivity contribution in [1.82, 2.24) is 0 Å². The fourth-order valence-corrected chi connectivity index (χ4v) is 12.6. The van der Waals surface area contributed by atoms with Crippen LogP contribution in [0.2, 0.25) is 0 Å². The smallest absolute Gasteiger partial charge is 0.221 e. The Labute approximate surface area is 464 Å². The minimum atomic E-state index is -4.15. The van der Waals surface area contributed by atoms with E-state index in [1.54, 1.807) is 60.7 Å². The standard InChI is InChI=1S/C60H52O16S4/c61-45-17-29-57(30-18-45)79(67,68)59(15-9-43-73-47-11-3-1-4-12-47)75-51-25-37-55(38-26-51)77(63,64)53-33-21-49(22-34-53)71-41-7-8-42-72-50-23-35-54(36-24-50)78(65,66)56-39-27-52(28-40-56)76-60(16-10-44-74-48-13-5-2-6-14-48)80(69,70)58-31-19-46(62)20-32-58/h1-40,59-62H,41-44H2/b8-7-,15-9+,16-10+. The summed E-state index contributed by atoms with van der Waals surface area (Å²) in [6.45, 7) is 0.315. The molecule has 0 radical (unpaired) electrons. The number of hydrogen-bond donors (Lipinski definition) is 2. The number of aromatic hydroxyl groups is 2. The Morgan fingerprint density at radius 1 is 0.300 bits per heavy atom. The van der Waals surface area contributed by atoms with Crippen molar-refractivity contribution in [3.8, 4) is 46.0 Å². The van der Waals surface area contributed by atoms with Crippen molar-refractivity contribution in [2.75, 3.05) is 26.4 Å². The molecule has 412 valence electrons. The molecule has 0 aromatic heterocycles. The number of benzene rings is 8. The van der Waals surface area contributed by atoms with Crippen molar-refractivity contribution >= 4 is 39.3 Å². The second-order valence-electron chi connectivity index (χ2n) is 17.1. The molecular formula is C60H52O16S4. The van der Waals surface area contributed by atoms with Gasteiger partial charge in [-0.2, -0.15) is 0 Å². The third-order valence-electron chi connectivity index (χ3n) is 11.6. The predicted molar refractivity (Wildman–Crippen MR) is 298 cm³/mol. The molecule has 20 heteroatoms. The van der Waals surface area contributed by atoms with E-state index in [0.29, 0.717) is 23.0 Å². The Morgan fingerprint density at radius 2 is 0.550 bits per heavy atom. The lowest BCUT2D eigenvalue weighted by Gasteiger charge is -2.17. The van der Waals surface area contributed by atoms with E-state index in [2.05, 4.69) is 0 Å². The largest absolute Gasteiger partial charge is 0.508 e. The van der Waals surface area contributed by atoms with E-state index in [1.807, 2.05) is 12.1 Å². The molecule has 0 amide bonds. The molecule has 16 nitrogen and oxygen atoms in total.